The summed E-state index contributed by atoms with van der Waals surface area (Å²) in [5, 5.41) is 1.14. The molecule has 2 atom stereocenters. The lowest BCUT2D eigenvalue weighted by Gasteiger charge is -2.41. The number of halogens is 1. The zero-order valence-corrected chi connectivity index (χ0v) is 17.3. The van der Waals surface area contributed by atoms with Crippen LogP contribution in [0.25, 0.3) is 10.1 Å². The van der Waals surface area contributed by atoms with Gasteiger partial charge in [-0.05, 0) is 41.6 Å². The number of nitrogens with zero attached hydrogens (tertiary/aromatic N) is 1. The molecule has 0 saturated heterocycles. The van der Waals surface area contributed by atoms with Crippen LogP contribution in [0.5, 0.6) is 11.5 Å². The average Bonchev–Trinajstić information content (AvgIpc) is 3.35. The van der Waals surface area contributed by atoms with Crippen LogP contribution in [0.2, 0.25) is 0 Å². The Hall–Kier alpha value is -2.57. The Kier molecular flexibility index (Phi) is 4.48. The van der Waals surface area contributed by atoms with Crippen molar-refractivity contribution in [2.45, 2.75) is 25.4 Å². The average molecular weight is 428 g/mol. The van der Waals surface area contributed by atoms with Crippen molar-refractivity contribution >= 4 is 44.7 Å². The molecule has 0 bridgehead atoms. The van der Waals surface area contributed by atoms with E-state index in [0.29, 0.717) is 17.9 Å². The Bertz CT molecular complexity index is 1140. The Morgan fingerprint density at radius 2 is 1.97 bits per heavy atom. The molecule has 0 fully saturated rings. The van der Waals surface area contributed by atoms with E-state index in [4.69, 9.17) is 21.1 Å². The molecular weight excluding hydrogens is 410 g/mol. The highest BCUT2D eigenvalue weighted by Crippen LogP contribution is 2.47. The van der Waals surface area contributed by atoms with Crippen LogP contribution in [-0.2, 0) is 16.0 Å². The first-order chi connectivity index (χ1) is 14.1. The molecule has 2 aliphatic heterocycles. The van der Waals surface area contributed by atoms with Crippen LogP contribution in [0, 0.1) is 0 Å². The van der Waals surface area contributed by atoms with Crippen LogP contribution in [0.15, 0.2) is 42.5 Å². The molecule has 5 rings (SSSR count). The van der Waals surface area contributed by atoms with Gasteiger partial charge in [0, 0.05) is 16.0 Å². The number of carbonyl (C=O) groups excluding carboxylic acids is 2. The van der Waals surface area contributed by atoms with E-state index in [1.807, 2.05) is 30.3 Å². The molecule has 2 aromatic carbocycles. The summed E-state index contributed by atoms with van der Waals surface area (Å²) in [4.78, 5) is 28.2. The SMILES string of the molecule is CC(=O)[C@H]1Cc2c(sc3ccccc23)[C@@H](c2ccc3c(c2)OCO3)N1C(=O)CCl. The van der Waals surface area contributed by atoms with Gasteiger partial charge < -0.3 is 14.4 Å². The number of ether oxygens (including phenoxy) is 2. The van der Waals surface area contributed by atoms with E-state index >= 15 is 0 Å². The molecule has 2 aliphatic rings. The maximum absolute atomic E-state index is 12.9. The van der Waals surface area contributed by atoms with E-state index in [9.17, 15) is 9.59 Å². The molecule has 1 amide bonds. The highest BCUT2D eigenvalue weighted by molar-refractivity contribution is 7.19. The monoisotopic (exact) mass is 427 g/mol. The number of hydrogen-bond donors (Lipinski definition) is 0. The van der Waals surface area contributed by atoms with Crippen molar-refractivity contribution in [2.75, 3.05) is 12.7 Å². The molecule has 5 nitrogen and oxygen atoms in total. The molecule has 29 heavy (non-hydrogen) atoms. The lowest BCUT2D eigenvalue weighted by molar-refractivity contribution is -0.139. The summed E-state index contributed by atoms with van der Waals surface area (Å²) in [6.45, 7) is 1.72. The molecule has 3 heterocycles. The number of alkyl halides is 1. The van der Waals surface area contributed by atoms with Crippen molar-refractivity contribution in [3.05, 3.63) is 58.5 Å². The summed E-state index contributed by atoms with van der Waals surface area (Å²) in [6.07, 6.45) is 0.498. The highest BCUT2D eigenvalue weighted by Gasteiger charge is 2.42. The fraction of sp³-hybridized carbons (Fsp3) is 0.273. The van der Waals surface area contributed by atoms with Crippen LogP contribution >= 0.6 is 22.9 Å². The second-order valence-corrected chi connectivity index (χ2v) is 8.57. The molecule has 7 heteroatoms. The fourth-order valence-corrected chi connectivity index (χ4v) is 5.77. The lowest BCUT2D eigenvalue weighted by Crippen LogP contribution is -2.51. The van der Waals surface area contributed by atoms with Crippen LogP contribution in [0.4, 0.5) is 0 Å². The topological polar surface area (TPSA) is 55.8 Å². The van der Waals surface area contributed by atoms with Gasteiger partial charge in [0.15, 0.2) is 17.3 Å². The van der Waals surface area contributed by atoms with E-state index in [2.05, 4.69) is 12.1 Å². The van der Waals surface area contributed by atoms with Gasteiger partial charge in [-0.15, -0.1) is 22.9 Å². The fourth-order valence-electron chi connectivity index (χ4n) is 4.27. The number of carbonyl (C=O) groups is 2. The van der Waals surface area contributed by atoms with Gasteiger partial charge >= 0.3 is 0 Å². The smallest absolute Gasteiger partial charge is 0.238 e. The van der Waals surface area contributed by atoms with Gasteiger partial charge in [0.05, 0.1) is 12.1 Å². The maximum Gasteiger partial charge on any atom is 0.238 e. The van der Waals surface area contributed by atoms with E-state index in [-0.39, 0.29) is 24.4 Å². The molecule has 0 spiro atoms. The number of Topliss-reactive ketones (excluding diaryl/α,β-unsaturated/α-hetero) is 1. The van der Waals surface area contributed by atoms with Gasteiger partial charge in [0.25, 0.3) is 0 Å². The van der Waals surface area contributed by atoms with Crippen LogP contribution < -0.4 is 9.47 Å². The first-order valence-corrected chi connectivity index (χ1v) is 10.7. The van der Waals surface area contributed by atoms with Crippen molar-refractivity contribution in [2.24, 2.45) is 0 Å². The van der Waals surface area contributed by atoms with Crippen molar-refractivity contribution < 1.29 is 19.1 Å². The molecule has 0 unspecified atom stereocenters. The number of fused-ring (bicyclic) bond motifs is 4. The highest BCUT2D eigenvalue weighted by atomic mass is 35.5. The zero-order valence-electron chi connectivity index (χ0n) is 15.7. The summed E-state index contributed by atoms with van der Waals surface area (Å²) in [7, 11) is 0. The molecule has 0 saturated carbocycles. The number of benzene rings is 2. The van der Waals surface area contributed by atoms with Crippen LogP contribution in [0.1, 0.15) is 29.0 Å². The minimum Gasteiger partial charge on any atom is -0.454 e. The van der Waals surface area contributed by atoms with E-state index in [1.54, 1.807) is 16.2 Å². The predicted octanol–water partition coefficient (Wildman–Crippen LogP) is 4.30. The second-order valence-electron chi connectivity index (χ2n) is 7.22. The number of rotatable bonds is 3. The van der Waals surface area contributed by atoms with Gasteiger partial charge in [0.2, 0.25) is 12.7 Å². The third kappa shape index (κ3) is 2.90. The molecule has 148 valence electrons. The van der Waals surface area contributed by atoms with Crippen LogP contribution in [-0.4, -0.2) is 35.3 Å². The van der Waals surface area contributed by atoms with Gasteiger partial charge in [-0.1, -0.05) is 24.3 Å². The first kappa shape index (κ1) is 18.5. The number of amides is 1. The van der Waals surface area contributed by atoms with Gasteiger partial charge in [-0.2, -0.15) is 0 Å². The molecule has 3 aromatic rings. The quantitative estimate of drug-likeness (QED) is 0.585. The molecule has 1 aromatic heterocycles. The van der Waals surface area contributed by atoms with E-state index in [0.717, 1.165) is 26.1 Å². The van der Waals surface area contributed by atoms with Gasteiger partial charge in [-0.3, -0.25) is 9.59 Å². The third-order valence-electron chi connectivity index (χ3n) is 5.57. The van der Waals surface area contributed by atoms with Crippen LogP contribution in [0.3, 0.4) is 0 Å². The predicted molar refractivity (Wildman–Crippen MR) is 112 cm³/mol. The normalized spacial score (nSPS) is 20.0. The number of ketones is 1. The Labute approximate surface area is 176 Å². The summed E-state index contributed by atoms with van der Waals surface area (Å²) >= 11 is 7.62. The Balaban J connectivity index is 1.75. The molecule has 0 aliphatic carbocycles. The van der Waals surface area contributed by atoms with Crippen molar-refractivity contribution in [3.8, 4) is 11.5 Å². The van der Waals surface area contributed by atoms with E-state index < -0.39 is 12.1 Å². The molecule has 0 N–H and O–H groups in total. The molecular formula is C22H18ClNO4S. The number of hydrogen-bond acceptors (Lipinski definition) is 5. The van der Waals surface area contributed by atoms with Crippen molar-refractivity contribution in [1.82, 2.24) is 4.90 Å². The molecule has 0 radical (unpaired) electrons. The summed E-state index contributed by atoms with van der Waals surface area (Å²) in [5.41, 5.74) is 2.01. The summed E-state index contributed by atoms with van der Waals surface area (Å²) in [5.74, 6) is 0.853. The van der Waals surface area contributed by atoms with Gasteiger partial charge in [0.1, 0.15) is 5.88 Å². The van der Waals surface area contributed by atoms with Gasteiger partial charge in [-0.25, -0.2) is 0 Å². The first-order valence-electron chi connectivity index (χ1n) is 9.36. The zero-order chi connectivity index (χ0) is 20.1. The van der Waals surface area contributed by atoms with Crippen molar-refractivity contribution in [3.63, 3.8) is 0 Å². The largest absolute Gasteiger partial charge is 0.454 e. The standard InChI is InChI=1S/C22H18ClNO4S/c1-12(25)16-9-15-14-4-2-3-5-19(14)29-22(15)21(24(16)20(26)10-23)13-6-7-17-18(8-13)28-11-27-17/h2-8,16,21H,9-11H2,1H3/t16-,21-/m1/s1. The lowest BCUT2D eigenvalue weighted by atomic mass is 9.87. The van der Waals surface area contributed by atoms with Crippen molar-refractivity contribution in [1.29, 1.82) is 0 Å². The minimum atomic E-state index is -0.554. The third-order valence-corrected chi connectivity index (χ3v) is 7.07. The maximum atomic E-state index is 12.9. The Morgan fingerprint density at radius 1 is 1.17 bits per heavy atom. The number of thiophene rings is 1. The van der Waals surface area contributed by atoms with E-state index in [1.165, 1.54) is 6.92 Å². The summed E-state index contributed by atoms with van der Waals surface area (Å²) in [6, 6.07) is 12.9. The minimum absolute atomic E-state index is 0.0462. The second kappa shape index (κ2) is 7.04. The summed E-state index contributed by atoms with van der Waals surface area (Å²) < 4.78 is 12.1. The Morgan fingerprint density at radius 3 is 2.76 bits per heavy atom.